The standard InChI is InChI=1S/C20H22N2O6/c1-25-15-9-14(10-16(11-15)26-2)22-20(24)7-5-13-4-6-17(18(8-13)27-3)28-12-19(21)23/h4-11H,12H2,1-3H3,(H2,21,23)(H,22,24). The number of ether oxygens (including phenoxy) is 4. The Kier molecular flexibility index (Phi) is 7.27. The first-order valence-corrected chi connectivity index (χ1v) is 8.26. The molecule has 0 heterocycles. The van der Waals surface area contributed by atoms with Crippen LogP contribution in [0.3, 0.4) is 0 Å². The second-order valence-corrected chi connectivity index (χ2v) is 5.59. The highest BCUT2D eigenvalue weighted by Crippen LogP contribution is 2.29. The third-order valence-corrected chi connectivity index (χ3v) is 3.60. The lowest BCUT2D eigenvalue weighted by Crippen LogP contribution is -2.20. The highest BCUT2D eigenvalue weighted by molar-refractivity contribution is 6.02. The van der Waals surface area contributed by atoms with Crippen LogP contribution in [-0.4, -0.2) is 39.8 Å². The van der Waals surface area contributed by atoms with Crippen molar-refractivity contribution in [3.63, 3.8) is 0 Å². The maximum Gasteiger partial charge on any atom is 0.255 e. The van der Waals surface area contributed by atoms with E-state index < -0.39 is 5.91 Å². The van der Waals surface area contributed by atoms with Gasteiger partial charge in [0.1, 0.15) is 11.5 Å². The molecule has 2 aromatic carbocycles. The van der Waals surface area contributed by atoms with Crippen molar-refractivity contribution in [2.24, 2.45) is 5.73 Å². The van der Waals surface area contributed by atoms with Gasteiger partial charge in [0.15, 0.2) is 18.1 Å². The molecule has 0 atom stereocenters. The maximum atomic E-state index is 12.2. The second-order valence-electron chi connectivity index (χ2n) is 5.59. The van der Waals surface area contributed by atoms with Crippen LogP contribution in [0.15, 0.2) is 42.5 Å². The summed E-state index contributed by atoms with van der Waals surface area (Å²) in [4.78, 5) is 23.0. The molecule has 0 saturated carbocycles. The fraction of sp³-hybridized carbons (Fsp3) is 0.200. The lowest BCUT2D eigenvalue weighted by molar-refractivity contribution is -0.120. The fourth-order valence-electron chi connectivity index (χ4n) is 2.29. The van der Waals surface area contributed by atoms with E-state index >= 15 is 0 Å². The van der Waals surface area contributed by atoms with Crippen LogP contribution in [0.1, 0.15) is 5.56 Å². The smallest absolute Gasteiger partial charge is 0.255 e. The molecule has 2 rings (SSSR count). The molecule has 0 aromatic heterocycles. The van der Waals surface area contributed by atoms with Gasteiger partial charge in [-0.25, -0.2) is 0 Å². The van der Waals surface area contributed by atoms with E-state index in [4.69, 9.17) is 24.7 Å². The normalized spacial score (nSPS) is 10.4. The lowest BCUT2D eigenvalue weighted by atomic mass is 10.2. The zero-order valence-electron chi connectivity index (χ0n) is 15.9. The summed E-state index contributed by atoms with van der Waals surface area (Å²) in [5.41, 5.74) is 6.32. The first-order valence-electron chi connectivity index (χ1n) is 8.26. The van der Waals surface area contributed by atoms with Crippen LogP contribution < -0.4 is 30.0 Å². The van der Waals surface area contributed by atoms with Gasteiger partial charge in [-0.1, -0.05) is 6.07 Å². The predicted octanol–water partition coefficient (Wildman–Crippen LogP) is 2.23. The number of nitrogens with two attached hydrogens (primary N) is 1. The summed E-state index contributed by atoms with van der Waals surface area (Å²) in [7, 11) is 4.54. The van der Waals surface area contributed by atoms with Crippen LogP contribution in [0.2, 0.25) is 0 Å². The number of hydrogen-bond acceptors (Lipinski definition) is 6. The summed E-state index contributed by atoms with van der Waals surface area (Å²) in [6.45, 7) is -0.252. The Hall–Kier alpha value is -3.68. The minimum absolute atomic E-state index is 0.252. The van der Waals surface area contributed by atoms with Gasteiger partial charge >= 0.3 is 0 Å². The van der Waals surface area contributed by atoms with Gasteiger partial charge in [0.25, 0.3) is 5.91 Å². The summed E-state index contributed by atoms with van der Waals surface area (Å²) >= 11 is 0. The number of rotatable bonds is 9. The number of benzene rings is 2. The molecule has 8 heteroatoms. The Bertz CT molecular complexity index is 857. The van der Waals surface area contributed by atoms with E-state index in [1.54, 1.807) is 42.5 Å². The van der Waals surface area contributed by atoms with E-state index in [1.165, 1.54) is 27.4 Å². The fourth-order valence-corrected chi connectivity index (χ4v) is 2.29. The Morgan fingerprint density at radius 3 is 2.21 bits per heavy atom. The molecule has 0 unspecified atom stereocenters. The van der Waals surface area contributed by atoms with Gasteiger partial charge in [-0.15, -0.1) is 0 Å². The van der Waals surface area contributed by atoms with Crippen LogP contribution in [0.25, 0.3) is 6.08 Å². The van der Waals surface area contributed by atoms with Crippen LogP contribution in [0, 0.1) is 0 Å². The van der Waals surface area contributed by atoms with Gasteiger partial charge in [0.05, 0.1) is 21.3 Å². The minimum atomic E-state index is -0.586. The van der Waals surface area contributed by atoms with Crippen molar-refractivity contribution in [2.75, 3.05) is 33.3 Å². The number of nitrogens with one attached hydrogen (secondary N) is 1. The van der Waals surface area contributed by atoms with Gasteiger partial charge in [-0.05, 0) is 23.8 Å². The molecular formula is C20H22N2O6. The third kappa shape index (κ3) is 5.94. The monoisotopic (exact) mass is 386 g/mol. The third-order valence-electron chi connectivity index (χ3n) is 3.60. The topological polar surface area (TPSA) is 109 Å². The summed E-state index contributed by atoms with van der Waals surface area (Å²) in [6.07, 6.45) is 3.00. The first kappa shape index (κ1) is 20.6. The maximum absolute atomic E-state index is 12.2. The quantitative estimate of drug-likeness (QED) is 0.640. The number of primary amides is 1. The second kappa shape index (κ2) is 9.86. The average Bonchev–Trinajstić information content (AvgIpc) is 2.70. The summed E-state index contributed by atoms with van der Waals surface area (Å²) < 4.78 is 20.8. The molecule has 148 valence electrons. The van der Waals surface area contributed by atoms with Crippen LogP contribution in [0.4, 0.5) is 5.69 Å². The SMILES string of the molecule is COc1cc(NC(=O)C=Cc2ccc(OCC(N)=O)c(OC)c2)cc(OC)c1. The van der Waals surface area contributed by atoms with Crippen LogP contribution in [-0.2, 0) is 9.59 Å². The Morgan fingerprint density at radius 2 is 1.64 bits per heavy atom. The number of anilines is 1. The van der Waals surface area contributed by atoms with E-state index in [0.717, 1.165) is 0 Å². The summed E-state index contributed by atoms with van der Waals surface area (Å²) in [5.74, 6) is 1.01. The molecule has 0 aliphatic carbocycles. The zero-order valence-corrected chi connectivity index (χ0v) is 15.9. The number of amides is 2. The number of carbonyl (C=O) groups is 2. The molecule has 28 heavy (non-hydrogen) atoms. The molecule has 0 saturated heterocycles. The molecule has 2 aromatic rings. The van der Waals surface area contributed by atoms with E-state index in [1.807, 2.05) is 0 Å². The molecule has 0 aliphatic rings. The van der Waals surface area contributed by atoms with Crippen LogP contribution in [0.5, 0.6) is 23.0 Å². The molecule has 0 fully saturated rings. The molecule has 0 bridgehead atoms. The van der Waals surface area contributed by atoms with Gasteiger partial charge < -0.3 is 30.0 Å². The highest BCUT2D eigenvalue weighted by atomic mass is 16.5. The van der Waals surface area contributed by atoms with Gasteiger partial charge in [-0.2, -0.15) is 0 Å². The van der Waals surface area contributed by atoms with Gasteiger partial charge in [-0.3, -0.25) is 9.59 Å². The average molecular weight is 386 g/mol. The van der Waals surface area contributed by atoms with E-state index in [2.05, 4.69) is 5.32 Å². The van der Waals surface area contributed by atoms with Gasteiger partial charge in [0, 0.05) is 30.0 Å². The van der Waals surface area contributed by atoms with Crippen molar-refractivity contribution in [1.82, 2.24) is 0 Å². The first-order chi connectivity index (χ1) is 13.4. The van der Waals surface area contributed by atoms with Crippen molar-refractivity contribution >= 4 is 23.6 Å². The Morgan fingerprint density at radius 1 is 0.964 bits per heavy atom. The van der Waals surface area contributed by atoms with Crippen molar-refractivity contribution in [3.8, 4) is 23.0 Å². The van der Waals surface area contributed by atoms with E-state index in [9.17, 15) is 9.59 Å². The van der Waals surface area contributed by atoms with Crippen LogP contribution >= 0.6 is 0 Å². The van der Waals surface area contributed by atoms with E-state index in [0.29, 0.717) is 34.2 Å². The predicted molar refractivity (Wildman–Crippen MR) is 105 cm³/mol. The molecular weight excluding hydrogens is 364 g/mol. The van der Waals surface area contributed by atoms with Gasteiger partial charge in [0.2, 0.25) is 5.91 Å². The molecule has 8 nitrogen and oxygen atoms in total. The van der Waals surface area contributed by atoms with E-state index in [-0.39, 0.29) is 12.5 Å². The van der Waals surface area contributed by atoms with Crippen molar-refractivity contribution < 1.29 is 28.5 Å². The highest BCUT2D eigenvalue weighted by Gasteiger charge is 2.07. The number of methoxy groups -OCH3 is 3. The van der Waals surface area contributed by atoms with Crippen molar-refractivity contribution in [2.45, 2.75) is 0 Å². The molecule has 0 aliphatic heterocycles. The number of carbonyl (C=O) groups excluding carboxylic acids is 2. The Balaban J connectivity index is 2.08. The lowest BCUT2D eigenvalue weighted by Gasteiger charge is -2.10. The van der Waals surface area contributed by atoms with Crippen molar-refractivity contribution in [1.29, 1.82) is 0 Å². The summed E-state index contributed by atoms with van der Waals surface area (Å²) in [6, 6.07) is 10.1. The van der Waals surface area contributed by atoms with Crippen molar-refractivity contribution in [3.05, 3.63) is 48.0 Å². The number of hydrogen-bond donors (Lipinski definition) is 2. The largest absolute Gasteiger partial charge is 0.497 e. The molecule has 3 N–H and O–H groups in total. The zero-order chi connectivity index (χ0) is 20.5. The molecule has 2 amide bonds. The Labute approximate surface area is 162 Å². The minimum Gasteiger partial charge on any atom is -0.497 e. The summed E-state index contributed by atoms with van der Waals surface area (Å²) in [5, 5.41) is 2.74. The molecule has 0 radical (unpaired) electrons. The molecule has 0 spiro atoms.